The average molecular weight is 373 g/mol. The van der Waals surface area contributed by atoms with Crippen LogP contribution in [0.2, 0.25) is 0 Å². The Labute approximate surface area is 154 Å². The monoisotopic (exact) mass is 373 g/mol. The van der Waals surface area contributed by atoms with Crippen LogP contribution in [0, 0.1) is 6.92 Å². The summed E-state index contributed by atoms with van der Waals surface area (Å²) in [4.78, 5) is 12.0. The van der Waals surface area contributed by atoms with Gasteiger partial charge in [0.2, 0.25) is 10.0 Å². The second-order valence-electron chi connectivity index (χ2n) is 6.61. The Morgan fingerprint density at radius 1 is 1.04 bits per heavy atom. The molecule has 26 heavy (non-hydrogen) atoms. The van der Waals surface area contributed by atoms with E-state index in [1.807, 2.05) is 37.3 Å². The minimum absolute atomic E-state index is 0.125. The van der Waals surface area contributed by atoms with Crippen LogP contribution in [0.5, 0.6) is 0 Å². The Morgan fingerprint density at radius 3 is 2.46 bits per heavy atom. The Balaban J connectivity index is 1.56. The van der Waals surface area contributed by atoms with Crippen molar-refractivity contribution in [2.45, 2.75) is 44.1 Å². The van der Waals surface area contributed by atoms with E-state index in [0.29, 0.717) is 0 Å². The van der Waals surface area contributed by atoms with Gasteiger partial charge in [-0.15, -0.1) is 0 Å². The topological polar surface area (TPSA) is 72.5 Å². The summed E-state index contributed by atoms with van der Waals surface area (Å²) in [5.74, 6) is -0.605. The van der Waals surface area contributed by atoms with E-state index in [9.17, 15) is 13.2 Å². The molecule has 2 aromatic carbocycles. The van der Waals surface area contributed by atoms with E-state index in [0.717, 1.165) is 42.4 Å². The molecule has 0 bridgehead atoms. The summed E-state index contributed by atoms with van der Waals surface area (Å²) in [6.07, 6.45) is 4.12. The van der Waals surface area contributed by atoms with Crippen LogP contribution in [-0.2, 0) is 39.0 Å². The van der Waals surface area contributed by atoms with E-state index in [1.54, 1.807) is 12.1 Å². The fourth-order valence-electron chi connectivity index (χ4n) is 3.01. The number of hydrogen-bond donors (Lipinski definition) is 1. The lowest BCUT2D eigenvalue weighted by atomic mass is 9.92. The minimum atomic E-state index is -3.73. The lowest BCUT2D eigenvalue weighted by Crippen LogP contribution is -2.30. The Bertz CT molecular complexity index is 889. The molecule has 138 valence electrons. The van der Waals surface area contributed by atoms with Crippen LogP contribution in [0.3, 0.4) is 0 Å². The number of esters is 1. The van der Waals surface area contributed by atoms with E-state index < -0.39 is 16.0 Å². The maximum atomic E-state index is 12.4. The van der Waals surface area contributed by atoms with Crippen molar-refractivity contribution in [2.24, 2.45) is 0 Å². The van der Waals surface area contributed by atoms with Crippen LogP contribution in [0.15, 0.2) is 47.4 Å². The standard InChI is InChI=1S/C20H23NO4S/c1-15-6-8-16(9-7-15)14-25-20(22)13-21-26(23,24)19-11-10-17-4-2-3-5-18(17)12-19/h6-12,21H,2-5,13-14H2,1H3. The molecule has 0 saturated carbocycles. The van der Waals surface area contributed by atoms with E-state index in [1.165, 1.54) is 5.56 Å². The summed E-state index contributed by atoms with van der Waals surface area (Å²) in [6.45, 7) is 1.72. The molecule has 5 nitrogen and oxygen atoms in total. The predicted octanol–water partition coefficient (Wildman–Crippen LogP) is 2.90. The third-order valence-electron chi connectivity index (χ3n) is 4.56. The van der Waals surface area contributed by atoms with Gasteiger partial charge in [0.1, 0.15) is 13.2 Å². The molecule has 2 aromatic rings. The van der Waals surface area contributed by atoms with Gasteiger partial charge in [-0.2, -0.15) is 4.72 Å². The molecule has 0 amide bonds. The summed E-state index contributed by atoms with van der Waals surface area (Å²) >= 11 is 0. The van der Waals surface area contributed by atoms with Gasteiger partial charge in [0.25, 0.3) is 0 Å². The van der Waals surface area contributed by atoms with Crippen LogP contribution in [0.1, 0.15) is 35.1 Å². The first-order valence-electron chi connectivity index (χ1n) is 8.77. The van der Waals surface area contributed by atoms with Gasteiger partial charge in [-0.3, -0.25) is 4.79 Å². The van der Waals surface area contributed by atoms with Crippen molar-refractivity contribution in [3.8, 4) is 0 Å². The summed E-state index contributed by atoms with van der Waals surface area (Å²) in [5, 5.41) is 0. The molecule has 0 aliphatic heterocycles. The van der Waals surface area contributed by atoms with Crippen molar-refractivity contribution >= 4 is 16.0 Å². The van der Waals surface area contributed by atoms with Gasteiger partial charge in [0.15, 0.2) is 0 Å². The quantitative estimate of drug-likeness (QED) is 0.790. The second kappa shape index (κ2) is 8.01. The largest absolute Gasteiger partial charge is 0.460 e. The number of hydrogen-bond acceptors (Lipinski definition) is 4. The fourth-order valence-corrected chi connectivity index (χ4v) is 4.03. The van der Waals surface area contributed by atoms with E-state index in [2.05, 4.69) is 4.72 Å². The van der Waals surface area contributed by atoms with Crippen molar-refractivity contribution in [3.63, 3.8) is 0 Å². The van der Waals surface area contributed by atoms with E-state index in [4.69, 9.17) is 4.74 Å². The number of sulfonamides is 1. The number of fused-ring (bicyclic) bond motifs is 1. The lowest BCUT2D eigenvalue weighted by Gasteiger charge is -2.16. The highest BCUT2D eigenvalue weighted by molar-refractivity contribution is 7.89. The van der Waals surface area contributed by atoms with Gasteiger partial charge in [-0.05, 0) is 61.4 Å². The smallest absolute Gasteiger partial charge is 0.321 e. The molecule has 6 heteroatoms. The molecule has 0 atom stereocenters. The van der Waals surface area contributed by atoms with Crippen LogP contribution < -0.4 is 4.72 Å². The lowest BCUT2D eigenvalue weighted by molar-refractivity contribution is -0.143. The summed E-state index contributed by atoms with van der Waals surface area (Å²) in [6, 6.07) is 12.8. The molecule has 0 fully saturated rings. The number of rotatable bonds is 6. The molecular weight excluding hydrogens is 350 g/mol. The molecule has 0 radical (unpaired) electrons. The van der Waals surface area contributed by atoms with Crippen LogP contribution in [-0.4, -0.2) is 20.9 Å². The first-order valence-corrected chi connectivity index (χ1v) is 10.2. The zero-order chi connectivity index (χ0) is 18.6. The maximum absolute atomic E-state index is 12.4. The molecule has 1 aliphatic rings. The van der Waals surface area contributed by atoms with Gasteiger partial charge >= 0.3 is 5.97 Å². The van der Waals surface area contributed by atoms with Gasteiger partial charge < -0.3 is 4.74 Å². The normalized spacial score (nSPS) is 13.9. The number of carbonyl (C=O) groups is 1. The number of benzene rings is 2. The molecule has 0 unspecified atom stereocenters. The second-order valence-corrected chi connectivity index (χ2v) is 8.38. The van der Waals surface area contributed by atoms with Gasteiger partial charge in [0, 0.05) is 0 Å². The third-order valence-corrected chi connectivity index (χ3v) is 5.96. The highest BCUT2D eigenvalue weighted by Gasteiger charge is 2.19. The Hall–Kier alpha value is -2.18. The minimum Gasteiger partial charge on any atom is -0.460 e. The summed E-state index contributed by atoms with van der Waals surface area (Å²) in [5.41, 5.74) is 4.29. The number of aryl methyl sites for hydroxylation is 3. The summed E-state index contributed by atoms with van der Waals surface area (Å²) < 4.78 is 32.3. The van der Waals surface area contributed by atoms with Crippen molar-refractivity contribution in [1.29, 1.82) is 0 Å². The maximum Gasteiger partial charge on any atom is 0.321 e. The first-order chi connectivity index (χ1) is 12.4. The third kappa shape index (κ3) is 4.71. The molecular formula is C20H23NO4S. The van der Waals surface area contributed by atoms with Crippen LogP contribution >= 0.6 is 0 Å². The molecule has 0 spiro atoms. The summed E-state index contributed by atoms with van der Waals surface area (Å²) in [7, 11) is -3.73. The van der Waals surface area contributed by atoms with Gasteiger partial charge in [-0.25, -0.2) is 8.42 Å². The van der Waals surface area contributed by atoms with E-state index >= 15 is 0 Å². The molecule has 0 saturated heterocycles. The SMILES string of the molecule is Cc1ccc(COC(=O)CNS(=O)(=O)c2ccc3c(c2)CCCC3)cc1. The van der Waals surface area contributed by atoms with E-state index in [-0.39, 0.29) is 18.0 Å². The van der Waals surface area contributed by atoms with Crippen LogP contribution in [0.4, 0.5) is 0 Å². The molecule has 1 N–H and O–H groups in total. The van der Waals surface area contributed by atoms with Crippen LogP contribution in [0.25, 0.3) is 0 Å². The van der Waals surface area contributed by atoms with Crippen molar-refractivity contribution in [3.05, 3.63) is 64.7 Å². The Kier molecular flexibility index (Phi) is 5.74. The highest BCUT2D eigenvalue weighted by Crippen LogP contribution is 2.24. The van der Waals surface area contributed by atoms with Crippen molar-refractivity contribution < 1.29 is 17.9 Å². The highest BCUT2D eigenvalue weighted by atomic mass is 32.2. The number of nitrogens with one attached hydrogen (secondary N) is 1. The fraction of sp³-hybridized carbons (Fsp3) is 0.350. The van der Waals surface area contributed by atoms with Crippen molar-refractivity contribution in [1.82, 2.24) is 4.72 Å². The predicted molar refractivity (Wildman–Crippen MR) is 99.2 cm³/mol. The zero-order valence-corrected chi connectivity index (χ0v) is 15.6. The average Bonchev–Trinajstić information content (AvgIpc) is 2.65. The number of ether oxygens (including phenoxy) is 1. The molecule has 0 aromatic heterocycles. The molecule has 0 heterocycles. The molecule has 1 aliphatic carbocycles. The van der Waals surface area contributed by atoms with Crippen molar-refractivity contribution in [2.75, 3.05) is 6.54 Å². The van der Waals surface area contributed by atoms with Gasteiger partial charge in [-0.1, -0.05) is 35.9 Å². The first kappa shape index (κ1) is 18.6. The molecule has 3 rings (SSSR count). The zero-order valence-electron chi connectivity index (χ0n) is 14.8. The number of carbonyl (C=O) groups excluding carboxylic acids is 1. The Morgan fingerprint density at radius 2 is 1.73 bits per heavy atom. The van der Waals surface area contributed by atoms with Gasteiger partial charge in [0.05, 0.1) is 4.90 Å².